The van der Waals surface area contributed by atoms with Gasteiger partial charge in [0, 0.05) is 32.7 Å². The van der Waals surface area contributed by atoms with Crippen LogP contribution in [0, 0.1) is 5.82 Å². The molecule has 1 aliphatic heterocycles. The predicted octanol–water partition coefficient (Wildman–Crippen LogP) is 3.96. The molecule has 2 aromatic carbocycles. The first-order chi connectivity index (χ1) is 15.1. The quantitative estimate of drug-likeness (QED) is 0.575. The third-order valence-corrected chi connectivity index (χ3v) is 5.27. The highest BCUT2D eigenvalue weighted by Gasteiger charge is 2.24. The molecule has 0 N–H and O–H groups in total. The number of hydrogen-bond donors (Lipinski definition) is 0. The zero-order valence-corrected chi connectivity index (χ0v) is 17.4. The molecule has 1 aliphatic rings. The Morgan fingerprint density at radius 3 is 2.52 bits per heavy atom. The Kier molecular flexibility index (Phi) is 6.52. The van der Waals surface area contributed by atoms with Crippen LogP contribution >= 0.6 is 0 Å². The summed E-state index contributed by atoms with van der Waals surface area (Å²) in [6.45, 7) is 3.88. The van der Waals surface area contributed by atoms with Crippen LogP contribution in [-0.2, 0) is 13.2 Å². The predicted molar refractivity (Wildman–Crippen MR) is 114 cm³/mol. The third-order valence-electron chi connectivity index (χ3n) is 5.27. The number of amides is 1. The van der Waals surface area contributed by atoms with Crippen LogP contribution < -0.4 is 9.47 Å². The Hall–Kier alpha value is -3.32. The highest BCUT2D eigenvalue weighted by atomic mass is 19.1. The van der Waals surface area contributed by atoms with Gasteiger partial charge in [0.2, 0.25) is 0 Å². The maximum absolute atomic E-state index is 13.0. The van der Waals surface area contributed by atoms with Crippen molar-refractivity contribution in [3.05, 3.63) is 83.6 Å². The van der Waals surface area contributed by atoms with E-state index < -0.39 is 0 Å². The van der Waals surface area contributed by atoms with Crippen LogP contribution in [0.3, 0.4) is 0 Å². The minimum Gasteiger partial charge on any atom is -0.497 e. The van der Waals surface area contributed by atoms with Crippen molar-refractivity contribution in [3.8, 4) is 11.5 Å². The highest BCUT2D eigenvalue weighted by Crippen LogP contribution is 2.18. The van der Waals surface area contributed by atoms with Gasteiger partial charge in [-0.2, -0.15) is 0 Å². The average molecular weight is 424 g/mol. The van der Waals surface area contributed by atoms with Crippen LogP contribution in [0.15, 0.2) is 65.1 Å². The van der Waals surface area contributed by atoms with Gasteiger partial charge in [-0.15, -0.1) is 0 Å². The van der Waals surface area contributed by atoms with Crippen LogP contribution in [0.2, 0.25) is 0 Å². The van der Waals surface area contributed by atoms with Crippen LogP contribution in [0.5, 0.6) is 11.5 Å². The zero-order chi connectivity index (χ0) is 21.6. The van der Waals surface area contributed by atoms with Gasteiger partial charge in [-0.1, -0.05) is 12.1 Å². The number of methoxy groups -OCH3 is 1. The second-order valence-corrected chi connectivity index (χ2v) is 7.43. The number of carbonyl (C=O) groups excluding carboxylic acids is 1. The fourth-order valence-electron chi connectivity index (χ4n) is 3.55. The van der Waals surface area contributed by atoms with E-state index in [-0.39, 0.29) is 18.3 Å². The lowest BCUT2D eigenvalue weighted by atomic mass is 10.2. The van der Waals surface area contributed by atoms with Crippen molar-refractivity contribution in [2.75, 3.05) is 33.3 Å². The number of carbonyl (C=O) groups is 1. The SMILES string of the molecule is COc1cccc(CN2CCN(C(=O)c3ccc(COc4ccc(F)cc4)o3)CC2)c1. The molecule has 162 valence electrons. The maximum atomic E-state index is 13.0. The molecule has 0 unspecified atom stereocenters. The van der Waals surface area contributed by atoms with Gasteiger partial charge in [-0.05, 0) is 54.1 Å². The molecule has 0 aliphatic carbocycles. The number of furan rings is 1. The van der Waals surface area contributed by atoms with Crippen molar-refractivity contribution in [3.63, 3.8) is 0 Å². The second-order valence-electron chi connectivity index (χ2n) is 7.43. The Bertz CT molecular complexity index is 1010. The molecule has 4 rings (SSSR count). The second kappa shape index (κ2) is 9.66. The largest absolute Gasteiger partial charge is 0.497 e. The molecule has 3 aromatic rings. The zero-order valence-electron chi connectivity index (χ0n) is 17.4. The van der Waals surface area contributed by atoms with Crippen molar-refractivity contribution >= 4 is 5.91 Å². The number of hydrogen-bond acceptors (Lipinski definition) is 5. The summed E-state index contributed by atoms with van der Waals surface area (Å²) < 4.78 is 29.5. The third kappa shape index (κ3) is 5.44. The van der Waals surface area contributed by atoms with Gasteiger partial charge >= 0.3 is 0 Å². The Balaban J connectivity index is 1.27. The summed E-state index contributed by atoms with van der Waals surface area (Å²) in [6, 6.07) is 17.2. The van der Waals surface area contributed by atoms with E-state index >= 15 is 0 Å². The minimum atomic E-state index is -0.318. The van der Waals surface area contributed by atoms with E-state index in [0.29, 0.717) is 30.4 Å². The van der Waals surface area contributed by atoms with Crippen LogP contribution in [0.25, 0.3) is 0 Å². The molecule has 0 saturated carbocycles. The van der Waals surface area contributed by atoms with E-state index in [1.807, 2.05) is 23.1 Å². The normalized spacial score (nSPS) is 14.5. The molecule has 0 bridgehead atoms. The molecule has 2 heterocycles. The summed E-state index contributed by atoms with van der Waals surface area (Å²) in [4.78, 5) is 16.9. The summed E-state index contributed by atoms with van der Waals surface area (Å²) in [5, 5.41) is 0. The molecule has 6 nitrogen and oxygen atoms in total. The number of benzene rings is 2. The first kappa shape index (κ1) is 20.9. The monoisotopic (exact) mass is 424 g/mol. The molecule has 7 heteroatoms. The highest BCUT2D eigenvalue weighted by molar-refractivity contribution is 5.91. The molecule has 31 heavy (non-hydrogen) atoms. The van der Waals surface area contributed by atoms with Gasteiger partial charge in [0.1, 0.15) is 29.7 Å². The van der Waals surface area contributed by atoms with Crippen molar-refractivity contribution in [2.45, 2.75) is 13.2 Å². The molecule has 0 spiro atoms. The van der Waals surface area contributed by atoms with Crippen LogP contribution in [0.4, 0.5) is 4.39 Å². The number of ether oxygens (including phenoxy) is 2. The molecule has 1 amide bonds. The minimum absolute atomic E-state index is 0.117. The Morgan fingerprint density at radius 2 is 1.77 bits per heavy atom. The van der Waals surface area contributed by atoms with Gasteiger partial charge in [0.25, 0.3) is 5.91 Å². The molecule has 0 atom stereocenters. The molecule has 1 fully saturated rings. The van der Waals surface area contributed by atoms with Crippen LogP contribution in [-0.4, -0.2) is 49.0 Å². The first-order valence-corrected chi connectivity index (χ1v) is 10.2. The standard InChI is InChI=1S/C24H25FN2O4/c1-29-21-4-2-3-18(15-21)16-26-11-13-27(14-12-26)24(28)23-10-9-22(31-23)17-30-20-7-5-19(25)6-8-20/h2-10,15H,11-14,16-17H2,1H3. The van der Waals surface area contributed by atoms with Gasteiger partial charge in [-0.3, -0.25) is 9.69 Å². The van der Waals surface area contributed by atoms with E-state index in [0.717, 1.165) is 25.4 Å². The van der Waals surface area contributed by atoms with E-state index in [9.17, 15) is 9.18 Å². The number of halogens is 1. The molecule has 1 saturated heterocycles. The number of piperazine rings is 1. The fourth-order valence-corrected chi connectivity index (χ4v) is 3.55. The fraction of sp³-hybridized carbons (Fsp3) is 0.292. The van der Waals surface area contributed by atoms with E-state index in [4.69, 9.17) is 13.9 Å². The van der Waals surface area contributed by atoms with Crippen molar-refractivity contribution in [1.29, 1.82) is 0 Å². The van der Waals surface area contributed by atoms with Crippen molar-refractivity contribution in [2.24, 2.45) is 0 Å². The molecular formula is C24H25FN2O4. The Morgan fingerprint density at radius 1 is 1.00 bits per heavy atom. The van der Waals surface area contributed by atoms with Gasteiger partial charge in [0.15, 0.2) is 5.76 Å². The Labute approximate surface area is 180 Å². The topological polar surface area (TPSA) is 55.2 Å². The average Bonchev–Trinajstić information content (AvgIpc) is 3.28. The van der Waals surface area contributed by atoms with Gasteiger partial charge in [0.05, 0.1) is 7.11 Å². The lowest BCUT2D eigenvalue weighted by molar-refractivity contribution is 0.0594. The molecule has 0 radical (unpaired) electrons. The van der Waals surface area contributed by atoms with E-state index in [1.54, 1.807) is 31.4 Å². The molecule has 1 aromatic heterocycles. The lowest BCUT2D eigenvalue weighted by Gasteiger charge is -2.34. The van der Waals surface area contributed by atoms with Crippen LogP contribution in [0.1, 0.15) is 21.9 Å². The van der Waals surface area contributed by atoms with Crippen molar-refractivity contribution in [1.82, 2.24) is 9.80 Å². The molecular weight excluding hydrogens is 399 g/mol. The van der Waals surface area contributed by atoms with E-state index in [2.05, 4.69) is 11.0 Å². The summed E-state index contributed by atoms with van der Waals surface area (Å²) in [5.41, 5.74) is 1.19. The van der Waals surface area contributed by atoms with Crippen molar-refractivity contribution < 1.29 is 23.1 Å². The summed E-state index contributed by atoms with van der Waals surface area (Å²) in [6.07, 6.45) is 0. The maximum Gasteiger partial charge on any atom is 0.289 e. The lowest BCUT2D eigenvalue weighted by Crippen LogP contribution is -2.48. The van der Waals surface area contributed by atoms with E-state index in [1.165, 1.54) is 17.7 Å². The summed E-state index contributed by atoms with van der Waals surface area (Å²) >= 11 is 0. The number of nitrogens with zero attached hydrogens (tertiary/aromatic N) is 2. The smallest absolute Gasteiger partial charge is 0.289 e. The van der Waals surface area contributed by atoms with Gasteiger partial charge < -0.3 is 18.8 Å². The summed E-state index contributed by atoms with van der Waals surface area (Å²) in [7, 11) is 1.67. The summed E-state index contributed by atoms with van der Waals surface area (Å²) in [5.74, 6) is 1.81. The number of rotatable bonds is 7. The van der Waals surface area contributed by atoms with Gasteiger partial charge in [-0.25, -0.2) is 4.39 Å². The first-order valence-electron chi connectivity index (χ1n) is 10.2.